The van der Waals surface area contributed by atoms with Crippen molar-refractivity contribution in [2.75, 3.05) is 64.8 Å². The molecule has 14 heteroatoms. The van der Waals surface area contributed by atoms with Gasteiger partial charge in [-0.25, -0.2) is 0 Å². The third-order valence-electron chi connectivity index (χ3n) is 8.27. The van der Waals surface area contributed by atoms with Crippen molar-refractivity contribution < 1.29 is 164 Å². The minimum Gasteiger partial charge on any atom is -1.00 e. The normalized spacial score (nSPS) is 15.0. The second-order valence-corrected chi connectivity index (χ2v) is 12.2. The van der Waals surface area contributed by atoms with Gasteiger partial charge in [-0.2, -0.15) is 0 Å². The molecule has 2 saturated heterocycles. The zero-order chi connectivity index (χ0) is 34.2. The molecule has 0 spiro atoms. The van der Waals surface area contributed by atoms with Crippen molar-refractivity contribution >= 4 is 51.7 Å². The molecule has 2 aromatic heterocycles. The van der Waals surface area contributed by atoms with E-state index in [1.165, 1.54) is 13.1 Å². The van der Waals surface area contributed by atoms with Crippen molar-refractivity contribution in [1.82, 2.24) is 29.2 Å². The van der Waals surface area contributed by atoms with Gasteiger partial charge in [0.15, 0.2) is 0 Å². The Kier molecular flexibility index (Phi) is 25.5. The summed E-state index contributed by atoms with van der Waals surface area (Å²) in [4.78, 5) is 42.3. The molecular formula is C35H49ClCs2N6O5. The number of alkyl halides is 1. The third-order valence-corrected chi connectivity index (χ3v) is 8.50. The van der Waals surface area contributed by atoms with Crippen molar-refractivity contribution in [2.45, 2.75) is 39.8 Å². The topological polar surface area (TPSA) is 115 Å². The number of nitrogens with one attached hydrogen (secondary N) is 1. The van der Waals surface area contributed by atoms with Crippen LogP contribution in [0.25, 0.3) is 21.8 Å². The van der Waals surface area contributed by atoms with Crippen LogP contribution < -0.4 is 148 Å². The molecule has 2 aromatic carbocycles. The number of para-hydroxylation sites is 2. The minimum atomic E-state index is -0.181. The molecule has 2 aliphatic rings. The molecule has 0 bridgehead atoms. The maximum absolute atomic E-state index is 12.5. The summed E-state index contributed by atoms with van der Waals surface area (Å²) in [7, 11) is 0. The molecule has 4 heterocycles. The standard InChI is InChI=1S/C17H23N3O.C10H8ClNO.C7H16N2.CH2O3.2Cs.H/c1-14(2)19-11-9-18(10-12-19)13-17(21)20-8-7-15-5-3-4-6-16(15)20;11-7-10(13)12-6-5-8-3-1-2-4-9(8)12;1-7(2)9-5-3-8-4-6-9;2-1-4-3;;;/h3-8,14H,9-13H2,1-2H3;1-6H,7H2;7-8H,3-6H2,1-2H3;1,3H;;;/q;;;;2*+1;-1/p-1. The number of hydrogen-bond acceptors (Lipinski definition) is 9. The molecule has 2 aliphatic heterocycles. The Bertz CT molecular complexity index is 1540. The molecule has 4 aromatic rings. The van der Waals surface area contributed by atoms with Crippen LogP contribution in [0.4, 0.5) is 0 Å². The second kappa shape index (κ2) is 26.3. The summed E-state index contributed by atoms with van der Waals surface area (Å²) >= 11 is 5.47. The Balaban J connectivity index is 0.000000714. The molecule has 6 rings (SSSR count). The quantitative estimate of drug-likeness (QED) is 0.0987. The first-order chi connectivity index (χ1) is 22.7. The zero-order valence-electron chi connectivity index (χ0n) is 30.9. The van der Waals surface area contributed by atoms with Gasteiger partial charge >= 0.3 is 138 Å². The predicted molar refractivity (Wildman–Crippen MR) is 187 cm³/mol. The number of benzene rings is 2. The van der Waals surface area contributed by atoms with Crippen molar-refractivity contribution in [2.24, 2.45) is 0 Å². The van der Waals surface area contributed by atoms with Gasteiger partial charge in [-0.05, 0) is 52.0 Å². The van der Waals surface area contributed by atoms with Gasteiger partial charge in [0.05, 0.1) is 17.6 Å². The van der Waals surface area contributed by atoms with Crippen LogP contribution in [0.5, 0.6) is 0 Å². The van der Waals surface area contributed by atoms with E-state index in [2.05, 4.69) is 52.6 Å². The number of halogens is 1. The van der Waals surface area contributed by atoms with Crippen LogP contribution in [0.1, 0.15) is 38.7 Å². The monoisotopic (exact) mass is 934 g/mol. The Labute approximate surface area is 414 Å². The smallest absolute Gasteiger partial charge is 1.00 e. The summed E-state index contributed by atoms with van der Waals surface area (Å²) in [6, 6.07) is 21.0. The number of carbonyl (C=O) groups is 3. The fourth-order valence-electron chi connectivity index (χ4n) is 5.57. The molecule has 49 heavy (non-hydrogen) atoms. The average Bonchev–Trinajstić information content (AvgIpc) is 3.74. The number of aromatic nitrogens is 2. The molecule has 0 saturated carbocycles. The van der Waals surface area contributed by atoms with Gasteiger partial charge in [-0.1, -0.05) is 36.4 Å². The Morgan fingerprint density at radius 3 is 1.61 bits per heavy atom. The number of nitrogens with zero attached hydrogens (tertiary/aromatic N) is 5. The van der Waals surface area contributed by atoms with E-state index in [1.54, 1.807) is 15.3 Å². The summed E-state index contributed by atoms with van der Waals surface area (Å²) in [5.41, 5.74) is 1.91. The second-order valence-electron chi connectivity index (χ2n) is 11.9. The van der Waals surface area contributed by atoms with Crippen molar-refractivity contribution in [3.05, 3.63) is 73.1 Å². The molecule has 0 aliphatic carbocycles. The first-order valence-corrected chi connectivity index (χ1v) is 16.6. The Morgan fingerprint density at radius 1 is 0.776 bits per heavy atom. The maximum Gasteiger partial charge on any atom is 1.00 e. The number of rotatable bonds is 6. The van der Waals surface area contributed by atoms with E-state index in [0.717, 1.165) is 67.1 Å². The molecular weight excluding hydrogens is 886 g/mol. The molecule has 2 fully saturated rings. The van der Waals surface area contributed by atoms with E-state index in [4.69, 9.17) is 21.7 Å². The van der Waals surface area contributed by atoms with E-state index < -0.39 is 0 Å². The van der Waals surface area contributed by atoms with E-state index in [0.29, 0.717) is 12.6 Å². The molecule has 11 nitrogen and oxygen atoms in total. The summed E-state index contributed by atoms with van der Waals surface area (Å²) in [5, 5.41) is 13.9. The Hall–Kier alpha value is 0.524. The van der Waals surface area contributed by atoms with Crippen molar-refractivity contribution in [3.8, 4) is 0 Å². The Morgan fingerprint density at radius 2 is 1.20 bits per heavy atom. The molecule has 0 radical (unpaired) electrons. The fourth-order valence-corrected chi connectivity index (χ4v) is 5.70. The first kappa shape index (κ1) is 47.5. The molecule has 258 valence electrons. The van der Waals surface area contributed by atoms with Crippen molar-refractivity contribution in [1.29, 1.82) is 0 Å². The number of carbonyl (C=O) groups excluding carboxylic acids is 3. The molecule has 0 unspecified atom stereocenters. The third kappa shape index (κ3) is 15.8. The summed E-state index contributed by atoms with van der Waals surface area (Å²) in [5.74, 6) is 0.0793. The van der Waals surface area contributed by atoms with E-state index in [9.17, 15) is 9.59 Å². The zero-order valence-corrected chi connectivity index (χ0v) is 43.2. The van der Waals surface area contributed by atoms with Crippen LogP contribution in [0.3, 0.4) is 0 Å². The van der Waals surface area contributed by atoms with Crippen LogP contribution in [0, 0.1) is 0 Å². The number of hydrogen-bond donors (Lipinski definition) is 1. The van der Waals surface area contributed by atoms with Gasteiger partial charge in [0, 0.05) is 87.6 Å². The first-order valence-electron chi connectivity index (χ1n) is 16.1. The molecule has 1 N–H and O–H groups in total. The van der Waals surface area contributed by atoms with E-state index in [-0.39, 0.29) is 163 Å². The van der Waals surface area contributed by atoms with Gasteiger partial charge in [-0.3, -0.25) is 38.2 Å². The van der Waals surface area contributed by atoms with Gasteiger partial charge in [0.1, 0.15) is 5.88 Å². The van der Waals surface area contributed by atoms with Crippen LogP contribution >= 0.6 is 11.6 Å². The summed E-state index contributed by atoms with van der Waals surface area (Å²) in [6.45, 7) is 18.1. The number of piperazine rings is 2. The van der Waals surface area contributed by atoms with Crippen LogP contribution in [0.15, 0.2) is 73.1 Å². The van der Waals surface area contributed by atoms with E-state index >= 15 is 0 Å². The van der Waals surface area contributed by atoms with Crippen molar-refractivity contribution in [3.63, 3.8) is 0 Å². The van der Waals surface area contributed by atoms with Gasteiger partial charge in [0.2, 0.25) is 11.8 Å². The van der Waals surface area contributed by atoms with Crippen LogP contribution in [-0.2, 0) is 9.68 Å². The summed E-state index contributed by atoms with van der Waals surface area (Å²) in [6.07, 6.45) is 3.63. The van der Waals surface area contributed by atoms with Gasteiger partial charge in [-0.15, -0.1) is 11.6 Å². The SMILES string of the molecule is CC(C)N1CCN(CC(=O)n2ccc3ccccc32)CC1.CC(C)N1CCNCC1.O=C(CCl)n1ccc2ccccc21.O=CO[O-].[Cs+].[Cs+].[H-]. The predicted octanol–water partition coefficient (Wildman–Crippen LogP) is -2.32. The van der Waals surface area contributed by atoms with Gasteiger partial charge < -0.3 is 16.9 Å². The van der Waals surface area contributed by atoms with E-state index in [1.807, 2.05) is 66.9 Å². The van der Waals surface area contributed by atoms with Crippen LogP contribution in [-0.4, -0.2) is 119 Å². The maximum atomic E-state index is 12.5. The fraction of sp³-hybridized carbons (Fsp3) is 0.457. The van der Waals surface area contributed by atoms with Gasteiger partial charge in [0.25, 0.3) is 6.47 Å². The summed E-state index contributed by atoms with van der Waals surface area (Å²) < 4.78 is 3.35. The van der Waals surface area contributed by atoms with Crippen LogP contribution in [0.2, 0.25) is 0 Å². The molecule has 0 amide bonds. The minimum absolute atomic E-state index is 0. The molecule has 0 atom stereocenters. The average molecular weight is 935 g/mol. The number of fused-ring (bicyclic) bond motifs is 2. The largest absolute Gasteiger partial charge is 1.00 e.